The first kappa shape index (κ1) is 16.3. The van der Waals surface area contributed by atoms with E-state index in [0.29, 0.717) is 12.6 Å². The van der Waals surface area contributed by atoms with E-state index in [9.17, 15) is 4.79 Å². The average Bonchev–Trinajstić information content (AvgIpc) is 2.84. The highest BCUT2D eigenvalue weighted by Gasteiger charge is 2.26. The molecular weight excluding hydrogens is 308 g/mol. The van der Waals surface area contributed by atoms with E-state index < -0.39 is 0 Å². The topological polar surface area (TPSA) is 32.3 Å². The van der Waals surface area contributed by atoms with Gasteiger partial charge in [-0.25, -0.2) is 0 Å². The van der Waals surface area contributed by atoms with Gasteiger partial charge in [0.15, 0.2) is 0 Å². The van der Waals surface area contributed by atoms with Crippen molar-refractivity contribution in [3.63, 3.8) is 0 Å². The summed E-state index contributed by atoms with van der Waals surface area (Å²) in [4.78, 5) is 15.1. The second-order valence-electron chi connectivity index (χ2n) is 7.20. The highest BCUT2D eigenvalue weighted by atomic mass is 16.2. The van der Waals surface area contributed by atoms with Crippen LogP contribution in [0.1, 0.15) is 43.2 Å². The minimum atomic E-state index is 0.146. The van der Waals surface area contributed by atoms with E-state index in [4.69, 9.17) is 0 Å². The van der Waals surface area contributed by atoms with Gasteiger partial charge >= 0.3 is 0 Å². The van der Waals surface area contributed by atoms with Crippen molar-refractivity contribution < 1.29 is 4.79 Å². The molecule has 0 aromatic heterocycles. The third-order valence-corrected chi connectivity index (χ3v) is 5.53. The van der Waals surface area contributed by atoms with Gasteiger partial charge in [-0.2, -0.15) is 0 Å². The molecule has 0 atom stereocenters. The van der Waals surface area contributed by atoms with E-state index in [1.807, 2.05) is 17.0 Å². The van der Waals surface area contributed by atoms with Crippen molar-refractivity contribution in [2.24, 2.45) is 0 Å². The summed E-state index contributed by atoms with van der Waals surface area (Å²) < 4.78 is 0. The van der Waals surface area contributed by atoms with Crippen LogP contribution in [0.3, 0.4) is 0 Å². The van der Waals surface area contributed by atoms with Gasteiger partial charge in [-0.1, -0.05) is 55.7 Å². The monoisotopic (exact) mass is 334 g/mol. The van der Waals surface area contributed by atoms with Crippen LogP contribution in [0.15, 0.2) is 48.5 Å². The number of carbonyl (C=O) groups excluding carboxylic acids is 1. The van der Waals surface area contributed by atoms with Crippen molar-refractivity contribution >= 4 is 17.3 Å². The number of hydrogen-bond acceptors (Lipinski definition) is 2. The molecule has 0 radical (unpaired) electrons. The maximum absolute atomic E-state index is 13.2. The van der Waals surface area contributed by atoms with Crippen molar-refractivity contribution in [1.82, 2.24) is 5.32 Å². The lowest BCUT2D eigenvalue weighted by Gasteiger charge is -2.27. The van der Waals surface area contributed by atoms with Gasteiger partial charge in [0, 0.05) is 6.04 Å². The molecule has 2 aromatic rings. The van der Waals surface area contributed by atoms with Gasteiger partial charge < -0.3 is 5.32 Å². The number of anilines is 2. The Bertz CT molecular complexity index is 702. The number of rotatable bonds is 3. The Balaban J connectivity index is 1.61. The van der Waals surface area contributed by atoms with Crippen LogP contribution in [0.5, 0.6) is 0 Å². The maximum Gasteiger partial charge on any atom is 0.245 e. The van der Waals surface area contributed by atoms with Gasteiger partial charge in [0.05, 0.1) is 17.9 Å². The lowest BCUT2D eigenvalue weighted by Crippen LogP contribution is -2.41. The fourth-order valence-electron chi connectivity index (χ4n) is 4.17. The molecule has 1 saturated carbocycles. The number of nitrogens with one attached hydrogen (secondary N) is 1. The van der Waals surface area contributed by atoms with E-state index in [1.54, 1.807) is 0 Å². The Kier molecular flexibility index (Phi) is 4.84. The average molecular weight is 334 g/mol. The Morgan fingerprint density at radius 3 is 2.04 bits per heavy atom. The number of aryl methyl sites for hydroxylation is 2. The molecule has 0 spiro atoms. The number of para-hydroxylation sites is 2. The number of carbonyl (C=O) groups is 1. The van der Waals surface area contributed by atoms with E-state index in [2.05, 4.69) is 41.7 Å². The Labute approximate surface area is 150 Å². The van der Waals surface area contributed by atoms with Crippen LogP contribution < -0.4 is 10.2 Å². The van der Waals surface area contributed by atoms with Gasteiger partial charge in [0.2, 0.25) is 5.91 Å². The summed E-state index contributed by atoms with van der Waals surface area (Å²) >= 11 is 0. The van der Waals surface area contributed by atoms with Crippen LogP contribution >= 0.6 is 0 Å². The normalized spacial score (nSPS) is 17.5. The van der Waals surface area contributed by atoms with E-state index in [-0.39, 0.29) is 5.91 Å². The molecule has 1 aliphatic heterocycles. The van der Waals surface area contributed by atoms with E-state index in [0.717, 1.165) is 24.2 Å². The smallest absolute Gasteiger partial charge is 0.245 e. The van der Waals surface area contributed by atoms with Crippen molar-refractivity contribution in [1.29, 1.82) is 0 Å². The van der Waals surface area contributed by atoms with Gasteiger partial charge in [-0.15, -0.1) is 0 Å². The fourth-order valence-corrected chi connectivity index (χ4v) is 4.17. The molecule has 3 heteroatoms. The minimum Gasteiger partial charge on any atom is -0.306 e. The Morgan fingerprint density at radius 2 is 1.44 bits per heavy atom. The first-order chi connectivity index (χ1) is 12.3. The highest BCUT2D eigenvalue weighted by molar-refractivity contribution is 6.03. The number of fused-ring (bicyclic) bond motifs is 2. The molecule has 0 saturated heterocycles. The van der Waals surface area contributed by atoms with Crippen LogP contribution in [0.4, 0.5) is 11.4 Å². The molecule has 0 unspecified atom stereocenters. The van der Waals surface area contributed by atoms with Crippen molar-refractivity contribution in [2.45, 2.75) is 51.0 Å². The maximum atomic E-state index is 13.2. The molecule has 25 heavy (non-hydrogen) atoms. The molecule has 1 N–H and O–H groups in total. The Morgan fingerprint density at radius 1 is 0.880 bits per heavy atom. The van der Waals surface area contributed by atoms with Gasteiger partial charge in [0.1, 0.15) is 0 Å². The molecule has 1 fully saturated rings. The second-order valence-corrected chi connectivity index (χ2v) is 7.20. The van der Waals surface area contributed by atoms with Crippen LogP contribution in [0.25, 0.3) is 0 Å². The standard InChI is InChI=1S/C22H26N2O/c25-22(16-23-19-10-2-1-3-11-19)24-20-12-6-4-8-17(20)14-15-18-9-5-7-13-21(18)24/h4-9,12-13,19,23H,1-3,10-11,14-16H2. The predicted molar refractivity (Wildman–Crippen MR) is 102 cm³/mol. The first-order valence-electron chi connectivity index (χ1n) is 9.55. The summed E-state index contributed by atoms with van der Waals surface area (Å²) in [5, 5.41) is 3.51. The lowest BCUT2D eigenvalue weighted by atomic mass is 9.95. The highest BCUT2D eigenvalue weighted by Crippen LogP contribution is 2.35. The molecule has 130 valence electrons. The quantitative estimate of drug-likeness (QED) is 0.904. The molecule has 0 bridgehead atoms. The fraction of sp³-hybridized carbons (Fsp3) is 0.409. The second kappa shape index (κ2) is 7.40. The molecule has 4 rings (SSSR count). The summed E-state index contributed by atoms with van der Waals surface area (Å²) in [6, 6.07) is 17.1. The van der Waals surface area contributed by atoms with Crippen molar-refractivity contribution in [3.05, 3.63) is 59.7 Å². The lowest BCUT2D eigenvalue weighted by molar-refractivity contribution is -0.117. The van der Waals surface area contributed by atoms with Crippen LogP contribution in [-0.2, 0) is 17.6 Å². The number of amides is 1. The van der Waals surface area contributed by atoms with Crippen LogP contribution in [0, 0.1) is 0 Å². The zero-order valence-corrected chi connectivity index (χ0v) is 14.7. The molecule has 1 aliphatic carbocycles. The Hall–Kier alpha value is -2.13. The molecule has 1 heterocycles. The molecule has 1 amide bonds. The van der Waals surface area contributed by atoms with Crippen LogP contribution in [-0.4, -0.2) is 18.5 Å². The van der Waals surface area contributed by atoms with Gasteiger partial charge in [-0.3, -0.25) is 9.69 Å². The third-order valence-electron chi connectivity index (χ3n) is 5.53. The third kappa shape index (κ3) is 3.47. The minimum absolute atomic E-state index is 0.146. The molecular formula is C22H26N2O. The SMILES string of the molecule is O=C(CNC1CCCCC1)N1c2ccccc2CCc2ccccc21. The van der Waals surface area contributed by atoms with Crippen LogP contribution in [0.2, 0.25) is 0 Å². The summed E-state index contributed by atoms with van der Waals surface area (Å²) in [6.07, 6.45) is 8.24. The van der Waals surface area contributed by atoms with Crippen molar-refractivity contribution in [3.8, 4) is 0 Å². The van der Waals surface area contributed by atoms with E-state index in [1.165, 1.54) is 43.2 Å². The first-order valence-corrected chi connectivity index (χ1v) is 9.55. The van der Waals surface area contributed by atoms with Gasteiger partial charge in [0.25, 0.3) is 0 Å². The summed E-state index contributed by atoms with van der Waals surface area (Å²) in [5.41, 5.74) is 4.60. The summed E-state index contributed by atoms with van der Waals surface area (Å²) in [6.45, 7) is 0.410. The number of nitrogens with zero attached hydrogens (tertiary/aromatic N) is 1. The van der Waals surface area contributed by atoms with Crippen molar-refractivity contribution in [2.75, 3.05) is 11.4 Å². The van der Waals surface area contributed by atoms with Gasteiger partial charge in [-0.05, 0) is 48.9 Å². The summed E-state index contributed by atoms with van der Waals surface area (Å²) in [5.74, 6) is 0.146. The van der Waals surface area contributed by atoms with E-state index >= 15 is 0 Å². The zero-order chi connectivity index (χ0) is 17.1. The number of hydrogen-bond donors (Lipinski definition) is 1. The number of benzene rings is 2. The molecule has 2 aromatic carbocycles. The molecule has 2 aliphatic rings. The zero-order valence-electron chi connectivity index (χ0n) is 14.7. The molecule has 3 nitrogen and oxygen atoms in total. The predicted octanol–water partition coefficient (Wildman–Crippen LogP) is 4.37. The largest absolute Gasteiger partial charge is 0.306 e. The summed E-state index contributed by atoms with van der Waals surface area (Å²) in [7, 11) is 0.